The summed E-state index contributed by atoms with van der Waals surface area (Å²) in [5.41, 5.74) is 0. The van der Waals surface area contributed by atoms with Gasteiger partial charge in [-0.1, -0.05) is 221 Å². The van der Waals surface area contributed by atoms with Crippen molar-refractivity contribution in [2.45, 2.75) is 298 Å². The normalized spacial score (nSPS) is 13.7. The first-order chi connectivity index (χ1) is 28.9. The van der Waals surface area contributed by atoms with Gasteiger partial charge in [-0.3, -0.25) is 9.59 Å². The van der Waals surface area contributed by atoms with Gasteiger partial charge in [-0.2, -0.15) is 0 Å². The minimum absolute atomic E-state index is 0.000555. The Morgan fingerprint density at radius 3 is 0.932 bits per heavy atom. The molecule has 0 aliphatic carbocycles. The van der Waals surface area contributed by atoms with Gasteiger partial charge in [0.25, 0.3) is 0 Å². The second-order valence-electron chi connectivity index (χ2n) is 18.3. The van der Waals surface area contributed by atoms with Crippen LogP contribution in [0.15, 0.2) is 0 Å². The minimum atomic E-state index is -0.000555. The molecule has 0 rings (SSSR count). The molecule has 59 heavy (non-hydrogen) atoms. The predicted octanol–water partition coefficient (Wildman–Crippen LogP) is 17.0. The van der Waals surface area contributed by atoms with Gasteiger partial charge in [0.2, 0.25) is 0 Å². The molecule has 6 heteroatoms. The minimum Gasteiger partial charge on any atom is -0.465 e. The first kappa shape index (κ1) is 57.9. The van der Waals surface area contributed by atoms with Gasteiger partial charge in [0.05, 0.1) is 25.4 Å². The fourth-order valence-corrected chi connectivity index (χ4v) is 8.22. The van der Waals surface area contributed by atoms with Crippen molar-refractivity contribution < 1.29 is 28.5 Å². The van der Waals surface area contributed by atoms with E-state index in [9.17, 15) is 9.59 Å². The van der Waals surface area contributed by atoms with Crippen LogP contribution in [0.25, 0.3) is 0 Å². The SMILES string of the molecule is CCCCCCC(CCCCCCCCCCC(=O)OCC(CC)CCCC)OCOC(CCCCCC)CCCCCCCCCCC(=O)OCC(CC)CCCC. The Morgan fingerprint density at radius 2 is 0.627 bits per heavy atom. The molecule has 0 aromatic heterocycles. The fraction of sp³-hybridized carbons (Fsp3) is 0.962. The van der Waals surface area contributed by atoms with Crippen molar-refractivity contribution in [1.82, 2.24) is 0 Å². The van der Waals surface area contributed by atoms with E-state index in [1.54, 1.807) is 0 Å². The van der Waals surface area contributed by atoms with Gasteiger partial charge in [0.15, 0.2) is 0 Å². The highest BCUT2D eigenvalue weighted by Crippen LogP contribution is 2.21. The zero-order valence-corrected chi connectivity index (χ0v) is 40.8. The van der Waals surface area contributed by atoms with Crippen LogP contribution in [0, 0.1) is 11.8 Å². The van der Waals surface area contributed by atoms with Gasteiger partial charge in [0, 0.05) is 12.8 Å². The molecule has 0 bridgehead atoms. The summed E-state index contributed by atoms with van der Waals surface area (Å²) in [4.78, 5) is 24.3. The molecule has 4 atom stereocenters. The van der Waals surface area contributed by atoms with E-state index in [0.29, 0.717) is 56.9 Å². The van der Waals surface area contributed by atoms with Crippen LogP contribution in [0.2, 0.25) is 0 Å². The molecular formula is C53H104O6. The summed E-state index contributed by atoms with van der Waals surface area (Å²) < 4.78 is 24.1. The fourth-order valence-electron chi connectivity index (χ4n) is 8.22. The summed E-state index contributed by atoms with van der Waals surface area (Å²) in [5.74, 6) is 1.06. The highest BCUT2D eigenvalue weighted by atomic mass is 16.7. The zero-order valence-electron chi connectivity index (χ0n) is 40.8. The Labute approximate surface area is 368 Å². The van der Waals surface area contributed by atoms with E-state index in [1.165, 1.54) is 167 Å². The van der Waals surface area contributed by atoms with Crippen LogP contribution < -0.4 is 0 Å². The number of unbranched alkanes of at least 4 members (excludes halogenated alkanes) is 22. The van der Waals surface area contributed by atoms with E-state index in [-0.39, 0.29) is 11.9 Å². The van der Waals surface area contributed by atoms with Crippen LogP contribution in [0.1, 0.15) is 286 Å². The van der Waals surface area contributed by atoms with Crippen LogP contribution in [0.3, 0.4) is 0 Å². The number of esters is 2. The molecule has 0 radical (unpaired) electrons. The van der Waals surface area contributed by atoms with Crippen molar-refractivity contribution in [3.63, 3.8) is 0 Å². The predicted molar refractivity (Wildman–Crippen MR) is 253 cm³/mol. The van der Waals surface area contributed by atoms with E-state index in [1.807, 2.05) is 0 Å². The number of hydrogen-bond donors (Lipinski definition) is 0. The van der Waals surface area contributed by atoms with Gasteiger partial charge >= 0.3 is 11.9 Å². The maximum atomic E-state index is 12.2. The third-order valence-electron chi connectivity index (χ3n) is 12.7. The Hall–Kier alpha value is -1.14. The van der Waals surface area contributed by atoms with Crippen LogP contribution in [0.4, 0.5) is 0 Å². The van der Waals surface area contributed by atoms with E-state index in [0.717, 1.165) is 64.2 Å². The summed E-state index contributed by atoms with van der Waals surface area (Å²) in [6.45, 7) is 15.1. The summed E-state index contributed by atoms with van der Waals surface area (Å²) in [6.07, 6.45) is 45.6. The maximum Gasteiger partial charge on any atom is 0.305 e. The average Bonchev–Trinajstić information content (AvgIpc) is 3.24. The average molecular weight is 837 g/mol. The number of carbonyl (C=O) groups is 2. The van der Waals surface area contributed by atoms with Crippen molar-refractivity contribution in [1.29, 1.82) is 0 Å². The molecule has 0 spiro atoms. The summed E-state index contributed by atoms with van der Waals surface area (Å²) in [7, 11) is 0. The quantitative estimate of drug-likeness (QED) is 0.0345. The molecule has 0 N–H and O–H groups in total. The molecule has 352 valence electrons. The molecule has 0 aliphatic rings. The first-order valence-corrected chi connectivity index (χ1v) is 26.5. The lowest BCUT2D eigenvalue weighted by Crippen LogP contribution is -2.20. The number of hydrogen-bond acceptors (Lipinski definition) is 6. The second-order valence-corrected chi connectivity index (χ2v) is 18.3. The molecule has 0 saturated carbocycles. The molecule has 0 amide bonds. The van der Waals surface area contributed by atoms with E-state index in [2.05, 4.69) is 41.5 Å². The van der Waals surface area contributed by atoms with Crippen molar-refractivity contribution in [2.75, 3.05) is 20.0 Å². The molecule has 0 aromatic rings. The third-order valence-corrected chi connectivity index (χ3v) is 12.7. The zero-order chi connectivity index (χ0) is 43.3. The van der Waals surface area contributed by atoms with Crippen molar-refractivity contribution in [3.8, 4) is 0 Å². The summed E-state index contributed by atoms with van der Waals surface area (Å²) in [6, 6.07) is 0. The highest BCUT2D eigenvalue weighted by Gasteiger charge is 2.14. The van der Waals surface area contributed by atoms with E-state index in [4.69, 9.17) is 18.9 Å². The van der Waals surface area contributed by atoms with E-state index < -0.39 is 0 Å². The summed E-state index contributed by atoms with van der Waals surface area (Å²) in [5, 5.41) is 0. The topological polar surface area (TPSA) is 71.1 Å². The molecule has 0 fully saturated rings. The number of ether oxygens (including phenoxy) is 4. The molecule has 0 heterocycles. The van der Waals surface area contributed by atoms with Gasteiger partial charge < -0.3 is 18.9 Å². The number of carbonyl (C=O) groups excluding carboxylic acids is 2. The van der Waals surface area contributed by atoms with Crippen LogP contribution in [-0.4, -0.2) is 44.2 Å². The van der Waals surface area contributed by atoms with Crippen molar-refractivity contribution in [2.24, 2.45) is 11.8 Å². The first-order valence-electron chi connectivity index (χ1n) is 26.5. The van der Waals surface area contributed by atoms with Crippen LogP contribution in [0.5, 0.6) is 0 Å². The van der Waals surface area contributed by atoms with Crippen LogP contribution in [-0.2, 0) is 28.5 Å². The molecule has 6 nitrogen and oxygen atoms in total. The Bertz CT molecular complexity index is 795. The van der Waals surface area contributed by atoms with Gasteiger partial charge in [-0.25, -0.2) is 0 Å². The Morgan fingerprint density at radius 1 is 0.339 bits per heavy atom. The molecular weight excluding hydrogens is 733 g/mol. The van der Waals surface area contributed by atoms with Gasteiger partial charge in [0.1, 0.15) is 6.79 Å². The maximum absolute atomic E-state index is 12.2. The Balaban J connectivity index is 4.30. The lowest BCUT2D eigenvalue weighted by atomic mass is 10.0. The van der Waals surface area contributed by atoms with Crippen molar-refractivity contribution in [3.05, 3.63) is 0 Å². The molecule has 4 unspecified atom stereocenters. The monoisotopic (exact) mass is 837 g/mol. The molecule has 0 aromatic carbocycles. The standard InChI is InChI=1S/C53H104O6/c1-7-13-17-31-39-50(41-33-27-23-19-21-25-29-35-43-52(54)56-45-48(11-5)37-15-9-3)58-47-59-51(40-32-18-14-8-2)42-34-28-24-20-22-26-30-36-44-53(55)57-46-49(12-6)38-16-10-4/h48-51H,7-47H2,1-6H3. The lowest BCUT2D eigenvalue weighted by Gasteiger charge is -2.22. The lowest BCUT2D eigenvalue weighted by molar-refractivity contribution is -0.146. The van der Waals surface area contributed by atoms with Gasteiger partial charge in [-0.05, 0) is 63.2 Å². The number of rotatable bonds is 48. The highest BCUT2D eigenvalue weighted by molar-refractivity contribution is 5.69. The molecule has 0 saturated heterocycles. The van der Waals surface area contributed by atoms with Gasteiger partial charge in [-0.15, -0.1) is 0 Å². The second kappa shape index (κ2) is 46.4. The third kappa shape index (κ3) is 40.7. The summed E-state index contributed by atoms with van der Waals surface area (Å²) >= 11 is 0. The molecule has 0 aliphatic heterocycles. The van der Waals surface area contributed by atoms with Crippen molar-refractivity contribution >= 4 is 11.9 Å². The van der Waals surface area contributed by atoms with Crippen LogP contribution >= 0.6 is 0 Å². The Kier molecular flexibility index (Phi) is 45.5. The van der Waals surface area contributed by atoms with E-state index >= 15 is 0 Å². The smallest absolute Gasteiger partial charge is 0.305 e. The largest absolute Gasteiger partial charge is 0.465 e.